The Hall–Kier alpha value is -2.78. The van der Waals surface area contributed by atoms with Gasteiger partial charge in [0, 0.05) is 42.2 Å². The summed E-state index contributed by atoms with van der Waals surface area (Å²) in [6.07, 6.45) is 1.85. The SMILES string of the molecule is N#Cc1ccccc1N1CCN(C(=O)c2cc(Br)cc3cc[nH]c23)CC1. The Morgan fingerprint density at radius 3 is 2.65 bits per heavy atom. The maximum atomic E-state index is 13.0. The number of fused-ring (bicyclic) bond motifs is 1. The van der Waals surface area contributed by atoms with Crippen LogP contribution in [-0.2, 0) is 0 Å². The summed E-state index contributed by atoms with van der Waals surface area (Å²) < 4.78 is 0.898. The zero-order chi connectivity index (χ0) is 18.1. The third-order valence-corrected chi connectivity index (χ3v) is 5.24. The van der Waals surface area contributed by atoms with Gasteiger partial charge in [-0.2, -0.15) is 5.26 Å². The summed E-state index contributed by atoms with van der Waals surface area (Å²) in [4.78, 5) is 20.3. The molecule has 26 heavy (non-hydrogen) atoms. The third-order valence-electron chi connectivity index (χ3n) is 4.79. The van der Waals surface area contributed by atoms with E-state index in [-0.39, 0.29) is 5.91 Å². The van der Waals surface area contributed by atoms with Crippen LogP contribution in [0.3, 0.4) is 0 Å². The molecule has 0 aliphatic carbocycles. The summed E-state index contributed by atoms with van der Waals surface area (Å²) in [6.45, 7) is 2.69. The smallest absolute Gasteiger partial charge is 0.256 e. The maximum absolute atomic E-state index is 13.0. The van der Waals surface area contributed by atoms with Crippen molar-refractivity contribution in [3.05, 3.63) is 64.3 Å². The molecule has 4 rings (SSSR count). The van der Waals surface area contributed by atoms with Crippen LogP contribution in [0, 0.1) is 11.3 Å². The zero-order valence-corrected chi connectivity index (χ0v) is 15.7. The summed E-state index contributed by atoms with van der Waals surface area (Å²) in [5.74, 6) is 0.0342. The number of amides is 1. The number of piperazine rings is 1. The van der Waals surface area contributed by atoms with Crippen molar-refractivity contribution in [2.75, 3.05) is 31.1 Å². The number of aromatic nitrogens is 1. The van der Waals surface area contributed by atoms with E-state index in [9.17, 15) is 10.1 Å². The number of halogens is 1. The molecule has 0 radical (unpaired) electrons. The van der Waals surface area contributed by atoms with Gasteiger partial charge in [0.2, 0.25) is 0 Å². The van der Waals surface area contributed by atoms with Crippen molar-refractivity contribution in [1.82, 2.24) is 9.88 Å². The number of carbonyl (C=O) groups excluding carboxylic acids is 1. The molecule has 1 amide bonds. The van der Waals surface area contributed by atoms with Crippen molar-refractivity contribution in [2.45, 2.75) is 0 Å². The van der Waals surface area contributed by atoms with Gasteiger partial charge in [-0.05, 0) is 30.3 Å². The Morgan fingerprint density at radius 1 is 1.12 bits per heavy atom. The second-order valence-corrected chi connectivity index (χ2v) is 7.22. The third kappa shape index (κ3) is 2.95. The van der Waals surface area contributed by atoms with Gasteiger partial charge in [0.25, 0.3) is 5.91 Å². The lowest BCUT2D eigenvalue weighted by atomic mass is 10.1. The minimum absolute atomic E-state index is 0.0342. The van der Waals surface area contributed by atoms with Gasteiger partial charge in [-0.15, -0.1) is 0 Å². The van der Waals surface area contributed by atoms with Gasteiger partial charge in [0.1, 0.15) is 6.07 Å². The lowest BCUT2D eigenvalue weighted by Crippen LogP contribution is -2.49. The molecule has 1 aliphatic heterocycles. The topological polar surface area (TPSA) is 63.1 Å². The molecule has 5 nitrogen and oxygen atoms in total. The first kappa shape index (κ1) is 16.7. The number of anilines is 1. The van der Waals surface area contributed by atoms with Gasteiger partial charge in [-0.3, -0.25) is 4.79 Å². The van der Waals surface area contributed by atoms with Crippen LogP contribution >= 0.6 is 15.9 Å². The highest BCUT2D eigenvalue weighted by Gasteiger charge is 2.25. The van der Waals surface area contributed by atoms with Gasteiger partial charge in [-0.1, -0.05) is 28.1 Å². The Bertz CT molecular complexity index is 1010. The molecule has 1 fully saturated rings. The summed E-state index contributed by atoms with van der Waals surface area (Å²) in [6, 6.07) is 15.7. The number of hydrogen-bond acceptors (Lipinski definition) is 3. The average Bonchev–Trinajstić information content (AvgIpc) is 3.15. The fourth-order valence-electron chi connectivity index (χ4n) is 3.47. The molecule has 2 aromatic carbocycles. The fraction of sp³-hybridized carbons (Fsp3) is 0.200. The van der Waals surface area contributed by atoms with Crippen molar-refractivity contribution < 1.29 is 4.79 Å². The normalized spacial score (nSPS) is 14.5. The second-order valence-electron chi connectivity index (χ2n) is 6.30. The van der Waals surface area contributed by atoms with Crippen molar-refractivity contribution >= 4 is 38.4 Å². The Kier molecular flexibility index (Phi) is 4.39. The Labute approximate surface area is 160 Å². The number of carbonyl (C=O) groups is 1. The molecule has 1 aliphatic rings. The number of hydrogen-bond donors (Lipinski definition) is 1. The number of para-hydroxylation sites is 1. The molecular weight excluding hydrogens is 392 g/mol. The van der Waals surface area contributed by atoms with E-state index in [0.29, 0.717) is 37.3 Å². The van der Waals surface area contributed by atoms with E-state index in [2.05, 4.69) is 31.9 Å². The van der Waals surface area contributed by atoms with E-state index in [1.165, 1.54) is 0 Å². The van der Waals surface area contributed by atoms with Crippen LogP contribution in [0.2, 0.25) is 0 Å². The molecule has 130 valence electrons. The summed E-state index contributed by atoms with van der Waals surface area (Å²) in [5.41, 5.74) is 3.17. The number of nitrogens with zero attached hydrogens (tertiary/aromatic N) is 3. The molecule has 1 saturated heterocycles. The second kappa shape index (κ2) is 6.85. The van der Waals surface area contributed by atoms with Crippen LogP contribution in [0.1, 0.15) is 15.9 Å². The lowest BCUT2D eigenvalue weighted by Gasteiger charge is -2.36. The molecule has 0 saturated carbocycles. The largest absolute Gasteiger partial charge is 0.367 e. The summed E-state index contributed by atoms with van der Waals surface area (Å²) in [7, 11) is 0. The van der Waals surface area contributed by atoms with Crippen LogP contribution in [0.5, 0.6) is 0 Å². The minimum atomic E-state index is 0.0342. The first-order valence-corrected chi connectivity index (χ1v) is 9.26. The minimum Gasteiger partial charge on any atom is -0.367 e. The van der Waals surface area contributed by atoms with E-state index in [1.54, 1.807) is 0 Å². The van der Waals surface area contributed by atoms with Gasteiger partial charge >= 0.3 is 0 Å². The quantitative estimate of drug-likeness (QED) is 0.701. The number of H-pyrrole nitrogens is 1. The fourth-order valence-corrected chi connectivity index (χ4v) is 3.94. The highest BCUT2D eigenvalue weighted by molar-refractivity contribution is 9.10. The van der Waals surface area contributed by atoms with Crippen LogP contribution in [0.25, 0.3) is 10.9 Å². The number of rotatable bonds is 2. The lowest BCUT2D eigenvalue weighted by molar-refractivity contribution is 0.0748. The molecule has 2 heterocycles. The van der Waals surface area contributed by atoms with Crippen molar-refractivity contribution in [1.29, 1.82) is 5.26 Å². The van der Waals surface area contributed by atoms with Crippen molar-refractivity contribution in [3.63, 3.8) is 0 Å². The van der Waals surface area contributed by atoms with E-state index in [4.69, 9.17) is 0 Å². The highest BCUT2D eigenvalue weighted by atomic mass is 79.9. The average molecular weight is 409 g/mol. The molecular formula is C20H17BrN4O. The van der Waals surface area contributed by atoms with Gasteiger partial charge in [0.05, 0.1) is 22.3 Å². The summed E-state index contributed by atoms with van der Waals surface area (Å²) >= 11 is 3.49. The Morgan fingerprint density at radius 2 is 1.88 bits per heavy atom. The summed E-state index contributed by atoms with van der Waals surface area (Å²) in [5, 5.41) is 10.3. The maximum Gasteiger partial charge on any atom is 0.256 e. The highest BCUT2D eigenvalue weighted by Crippen LogP contribution is 2.26. The Balaban J connectivity index is 1.54. The molecule has 0 bridgehead atoms. The number of benzene rings is 2. The molecule has 0 unspecified atom stereocenters. The molecule has 1 aromatic heterocycles. The molecule has 6 heteroatoms. The zero-order valence-electron chi connectivity index (χ0n) is 14.1. The number of nitrogens with one attached hydrogen (secondary N) is 1. The van der Waals surface area contributed by atoms with E-state index in [1.807, 2.05) is 53.6 Å². The number of aromatic amines is 1. The molecule has 0 spiro atoms. The van der Waals surface area contributed by atoms with Gasteiger partial charge < -0.3 is 14.8 Å². The standard InChI is InChI=1S/C20H17BrN4O/c21-16-11-14-5-6-23-19(14)17(12-16)20(26)25-9-7-24(8-10-25)18-4-2-1-3-15(18)13-22/h1-6,11-12,23H,7-10H2. The predicted octanol–water partition coefficient (Wildman–Crippen LogP) is 3.76. The molecule has 1 N–H and O–H groups in total. The van der Waals surface area contributed by atoms with Crippen LogP contribution in [0.4, 0.5) is 5.69 Å². The first-order valence-electron chi connectivity index (χ1n) is 8.47. The van der Waals surface area contributed by atoms with Crippen molar-refractivity contribution in [3.8, 4) is 6.07 Å². The van der Waals surface area contributed by atoms with E-state index < -0.39 is 0 Å². The predicted molar refractivity (Wildman–Crippen MR) is 105 cm³/mol. The monoisotopic (exact) mass is 408 g/mol. The first-order chi connectivity index (χ1) is 12.7. The molecule has 3 aromatic rings. The van der Waals surface area contributed by atoms with Crippen LogP contribution in [-0.4, -0.2) is 42.0 Å². The number of nitriles is 1. The van der Waals surface area contributed by atoms with Gasteiger partial charge in [-0.25, -0.2) is 0 Å². The molecule has 0 atom stereocenters. The van der Waals surface area contributed by atoms with E-state index >= 15 is 0 Å². The van der Waals surface area contributed by atoms with E-state index in [0.717, 1.165) is 21.1 Å². The van der Waals surface area contributed by atoms with Crippen molar-refractivity contribution in [2.24, 2.45) is 0 Å². The van der Waals surface area contributed by atoms with Crippen LogP contribution < -0.4 is 4.90 Å². The van der Waals surface area contributed by atoms with Gasteiger partial charge in [0.15, 0.2) is 0 Å². The van der Waals surface area contributed by atoms with Crippen LogP contribution in [0.15, 0.2) is 53.1 Å².